The van der Waals surface area contributed by atoms with Crippen LogP contribution in [0.4, 0.5) is 0 Å². The Labute approximate surface area is 336 Å². The fourth-order valence-corrected chi connectivity index (χ4v) is 5.27. The third-order valence-corrected chi connectivity index (χ3v) is 8.20. The van der Waals surface area contributed by atoms with E-state index in [1.807, 2.05) is 0 Å². The number of hydrogen-bond donors (Lipinski definition) is 3. The molecule has 0 heterocycles. The number of rotatable bonds is 33. The summed E-state index contributed by atoms with van der Waals surface area (Å²) in [5.41, 5.74) is 0. The van der Waals surface area contributed by atoms with E-state index in [4.69, 9.17) is 15.3 Å². The number of aliphatic carboxylic acids is 3. The van der Waals surface area contributed by atoms with E-state index < -0.39 is 17.9 Å². The Bertz CT molecular complexity index is 662. The zero-order valence-corrected chi connectivity index (χ0v) is 36.0. The molecular formula is C42H78O6Pr. The minimum absolute atomic E-state index is 0. The van der Waals surface area contributed by atoms with Crippen LogP contribution >= 0.6 is 0 Å². The molecule has 0 atom stereocenters. The Balaban J connectivity index is -0.000000307. The maximum atomic E-state index is 10.2. The molecule has 0 aliphatic heterocycles. The van der Waals surface area contributed by atoms with Gasteiger partial charge in [0.05, 0.1) is 0 Å². The zero-order valence-electron chi connectivity index (χ0n) is 32.3. The van der Waals surface area contributed by atoms with Crippen LogP contribution in [0.25, 0.3) is 0 Å². The van der Waals surface area contributed by atoms with Crippen LogP contribution in [-0.4, -0.2) is 33.2 Å². The van der Waals surface area contributed by atoms with Gasteiger partial charge in [-0.2, -0.15) is 0 Å². The van der Waals surface area contributed by atoms with Crippen molar-refractivity contribution in [3.63, 3.8) is 0 Å². The first-order valence-corrected chi connectivity index (χ1v) is 20.0. The van der Waals surface area contributed by atoms with Gasteiger partial charge in [0.2, 0.25) is 0 Å². The smallest absolute Gasteiger partial charge is 0.327 e. The van der Waals surface area contributed by atoms with Gasteiger partial charge < -0.3 is 15.3 Å². The van der Waals surface area contributed by atoms with E-state index in [1.54, 1.807) is 18.2 Å². The van der Waals surface area contributed by atoms with Crippen molar-refractivity contribution in [2.24, 2.45) is 0 Å². The Morgan fingerprint density at radius 3 is 0.653 bits per heavy atom. The third-order valence-electron chi connectivity index (χ3n) is 8.20. The van der Waals surface area contributed by atoms with Gasteiger partial charge in [-0.25, -0.2) is 14.4 Å². The topological polar surface area (TPSA) is 112 Å². The number of hydrogen-bond acceptors (Lipinski definition) is 3. The second-order valence-corrected chi connectivity index (χ2v) is 13.1. The number of carbonyl (C=O) groups is 3. The summed E-state index contributed by atoms with van der Waals surface area (Å²) < 4.78 is 0. The second-order valence-electron chi connectivity index (χ2n) is 13.1. The number of carboxylic acid groups (broad SMARTS) is 3. The average molecular weight is 820 g/mol. The Morgan fingerprint density at radius 2 is 0.490 bits per heavy atom. The van der Waals surface area contributed by atoms with Crippen molar-refractivity contribution in [2.45, 2.75) is 213 Å². The molecule has 0 aliphatic carbocycles. The molecule has 285 valence electrons. The molecule has 6 nitrogen and oxygen atoms in total. The standard InChI is InChI=1S/3C14H26O2.Pr/c3*1-2-3-4-5-6-7-8-9-10-11-12-13-14(15)16;/h3*12-13H,2-11H2,1H3,(H,15,16);. The van der Waals surface area contributed by atoms with Crippen molar-refractivity contribution >= 4 is 17.9 Å². The van der Waals surface area contributed by atoms with Gasteiger partial charge in [0.1, 0.15) is 0 Å². The summed E-state index contributed by atoms with van der Waals surface area (Å²) in [6.07, 6.45) is 47.2. The molecule has 0 spiro atoms. The summed E-state index contributed by atoms with van der Waals surface area (Å²) in [5, 5.41) is 25.1. The van der Waals surface area contributed by atoms with Crippen molar-refractivity contribution in [1.82, 2.24) is 0 Å². The summed E-state index contributed by atoms with van der Waals surface area (Å²) in [6, 6.07) is 0. The fraction of sp³-hybridized carbons (Fsp3) is 0.786. The SMILES string of the molecule is CCCCCCCCCCCC=CC(=O)O.CCCCCCCCCCCC=CC(=O)O.CCCCCCCCCCCC=CC(=O)O.[Pr]. The van der Waals surface area contributed by atoms with E-state index >= 15 is 0 Å². The predicted molar refractivity (Wildman–Crippen MR) is 206 cm³/mol. The average Bonchev–Trinajstić information content (AvgIpc) is 3.05. The van der Waals surface area contributed by atoms with Crippen molar-refractivity contribution < 1.29 is 71.0 Å². The summed E-state index contributed by atoms with van der Waals surface area (Å²) in [6.45, 7) is 6.72. The zero-order chi connectivity index (χ0) is 36.2. The molecule has 0 amide bonds. The van der Waals surface area contributed by atoms with Crippen LogP contribution in [0.1, 0.15) is 213 Å². The molecular weight excluding hydrogens is 741 g/mol. The van der Waals surface area contributed by atoms with Crippen LogP contribution in [0, 0.1) is 41.3 Å². The normalized spacial score (nSPS) is 10.8. The maximum Gasteiger partial charge on any atom is 0.327 e. The summed E-state index contributed by atoms with van der Waals surface area (Å²) >= 11 is 0. The summed E-state index contributed by atoms with van der Waals surface area (Å²) in [7, 11) is 0. The summed E-state index contributed by atoms with van der Waals surface area (Å²) in [5.74, 6) is -2.51. The van der Waals surface area contributed by atoms with Crippen molar-refractivity contribution in [3.8, 4) is 0 Å². The van der Waals surface area contributed by atoms with E-state index in [2.05, 4.69) is 20.8 Å². The van der Waals surface area contributed by atoms with Gasteiger partial charge >= 0.3 is 17.9 Å². The van der Waals surface area contributed by atoms with Crippen LogP contribution in [0.5, 0.6) is 0 Å². The summed E-state index contributed by atoms with van der Waals surface area (Å²) in [4.78, 5) is 30.5. The Morgan fingerprint density at radius 1 is 0.327 bits per heavy atom. The van der Waals surface area contributed by atoms with Crippen molar-refractivity contribution in [3.05, 3.63) is 36.5 Å². The van der Waals surface area contributed by atoms with Crippen LogP contribution in [-0.2, 0) is 14.4 Å². The Hall–Kier alpha value is -1.01. The molecule has 49 heavy (non-hydrogen) atoms. The first-order valence-electron chi connectivity index (χ1n) is 20.0. The molecule has 0 unspecified atom stereocenters. The minimum atomic E-state index is -0.837. The van der Waals surface area contributed by atoms with Gasteiger partial charge in [0.15, 0.2) is 0 Å². The molecule has 1 radical (unpaired) electrons. The molecule has 0 aliphatic rings. The van der Waals surface area contributed by atoms with Crippen LogP contribution in [0.15, 0.2) is 36.5 Å². The largest absolute Gasteiger partial charge is 0.478 e. The predicted octanol–water partition coefficient (Wildman–Crippen LogP) is 13.6. The van der Waals surface area contributed by atoms with Gasteiger partial charge in [-0.1, -0.05) is 193 Å². The van der Waals surface area contributed by atoms with Crippen molar-refractivity contribution in [2.75, 3.05) is 0 Å². The van der Waals surface area contributed by atoms with Crippen molar-refractivity contribution in [1.29, 1.82) is 0 Å². The monoisotopic (exact) mass is 819 g/mol. The third kappa shape index (κ3) is 65.9. The van der Waals surface area contributed by atoms with Crippen LogP contribution in [0.3, 0.4) is 0 Å². The first-order chi connectivity index (χ1) is 23.3. The van der Waals surface area contributed by atoms with Gasteiger partial charge in [0, 0.05) is 59.5 Å². The Kier molecular flexibility index (Phi) is 57.4. The maximum absolute atomic E-state index is 10.2. The van der Waals surface area contributed by atoms with E-state index in [0.717, 1.165) is 38.5 Å². The molecule has 0 aromatic heterocycles. The van der Waals surface area contributed by atoms with Gasteiger partial charge in [-0.15, -0.1) is 0 Å². The molecule has 0 rings (SSSR count). The molecule has 0 bridgehead atoms. The number of carboxylic acids is 3. The molecule has 0 fully saturated rings. The molecule has 7 heteroatoms. The van der Waals surface area contributed by atoms with Gasteiger partial charge in [0.25, 0.3) is 0 Å². The first kappa shape index (κ1) is 54.8. The minimum Gasteiger partial charge on any atom is -0.478 e. The van der Waals surface area contributed by atoms with E-state index in [1.165, 1.54) is 172 Å². The molecule has 0 saturated carbocycles. The molecule has 0 aromatic carbocycles. The van der Waals surface area contributed by atoms with E-state index in [0.29, 0.717) is 0 Å². The second kappa shape index (κ2) is 51.4. The molecule has 0 aromatic rings. The van der Waals surface area contributed by atoms with Gasteiger partial charge in [-0.3, -0.25) is 0 Å². The van der Waals surface area contributed by atoms with Crippen LogP contribution in [0.2, 0.25) is 0 Å². The quantitative estimate of drug-likeness (QED) is 0.0449. The van der Waals surface area contributed by atoms with E-state index in [-0.39, 0.29) is 41.3 Å². The fourth-order valence-electron chi connectivity index (χ4n) is 5.27. The molecule has 0 saturated heterocycles. The van der Waals surface area contributed by atoms with Gasteiger partial charge in [-0.05, 0) is 38.5 Å². The van der Waals surface area contributed by atoms with E-state index in [9.17, 15) is 14.4 Å². The number of unbranched alkanes of at least 4 members (excludes halogenated alkanes) is 27. The molecule has 3 N–H and O–H groups in total. The number of allylic oxidation sites excluding steroid dienone is 3. The van der Waals surface area contributed by atoms with Crippen LogP contribution < -0.4 is 0 Å².